The molecular formula is C21H25N3O3. The van der Waals surface area contributed by atoms with Crippen molar-refractivity contribution < 1.29 is 14.3 Å². The molecule has 0 spiro atoms. The molecule has 2 aromatic rings. The zero-order chi connectivity index (χ0) is 18.8. The van der Waals surface area contributed by atoms with Gasteiger partial charge in [0, 0.05) is 43.2 Å². The molecule has 2 amide bonds. The second kappa shape index (κ2) is 7.56. The molecule has 1 aliphatic heterocycles. The van der Waals surface area contributed by atoms with Crippen molar-refractivity contribution in [3.8, 4) is 5.75 Å². The minimum Gasteiger partial charge on any atom is -0.496 e. The molecular weight excluding hydrogens is 342 g/mol. The van der Waals surface area contributed by atoms with E-state index in [0.29, 0.717) is 31.2 Å². The molecule has 0 unspecified atom stereocenters. The van der Waals surface area contributed by atoms with Crippen LogP contribution < -0.4 is 10.1 Å². The maximum absolute atomic E-state index is 13.1. The molecule has 4 rings (SSSR count). The van der Waals surface area contributed by atoms with E-state index in [1.165, 1.54) is 0 Å². The summed E-state index contributed by atoms with van der Waals surface area (Å²) >= 11 is 0. The van der Waals surface area contributed by atoms with Crippen LogP contribution in [0, 0.1) is 0 Å². The van der Waals surface area contributed by atoms with E-state index in [-0.39, 0.29) is 11.8 Å². The predicted molar refractivity (Wildman–Crippen MR) is 104 cm³/mol. The number of ether oxygens (including phenoxy) is 1. The molecule has 1 aliphatic carbocycles. The van der Waals surface area contributed by atoms with Crippen molar-refractivity contribution in [2.45, 2.75) is 18.9 Å². The molecule has 1 N–H and O–H groups in total. The molecule has 6 nitrogen and oxygen atoms in total. The lowest BCUT2D eigenvalue weighted by molar-refractivity contribution is -0.122. The number of benzene rings is 2. The third kappa shape index (κ3) is 3.90. The van der Waals surface area contributed by atoms with Gasteiger partial charge in [0.05, 0.1) is 13.7 Å². The summed E-state index contributed by atoms with van der Waals surface area (Å²) in [5, 5.41) is 4.87. The second-order valence-corrected chi connectivity index (χ2v) is 7.27. The lowest BCUT2D eigenvalue weighted by Gasteiger charge is -2.34. The Labute approximate surface area is 159 Å². The molecule has 2 aromatic carbocycles. The van der Waals surface area contributed by atoms with E-state index in [1.54, 1.807) is 7.11 Å². The molecule has 0 radical (unpaired) electrons. The van der Waals surface area contributed by atoms with Crippen molar-refractivity contribution in [3.05, 3.63) is 42.0 Å². The molecule has 1 saturated carbocycles. The first-order valence-corrected chi connectivity index (χ1v) is 9.52. The van der Waals surface area contributed by atoms with Crippen LogP contribution in [0.4, 0.5) is 0 Å². The van der Waals surface area contributed by atoms with Crippen molar-refractivity contribution >= 4 is 22.6 Å². The molecule has 2 fully saturated rings. The molecule has 27 heavy (non-hydrogen) atoms. The van der Waals surface area contributed by atoms with Gasteiger partial charge in [-0.2, -0.15) is 0 Å². The van der Waals surface area contributed by atoms with Crippen molar-refractivity contribution in [1.82, 2.24) is 15.1 Å². The smallest absolute Gasteiger partial charge is 0.254 e. The zero-order valence-corrected chi connectivity index (χ0v) is 15.6. The summed E-state index contributed by atoms with van der Waals surface area (Å²) < 4.78 is 5.42. The summed E-state index contributed by atoms with van der Waals surface area (Å²) in [5.74, 6) is 0.906. The summed E-state index contributed by atoms with van der Waals surface area (Å²) in [6.07, 6.45) is 2.20. The normalized spacial score (nSPS) is 17.7. The lowest BCUT2D eigenvalue weighted by atomic mass is 10.0. The van der Waals surface area contributed by atoms with Gasteiger partial charge in [-0.1, -0.05) is 24.3 Å². The van der Waals surface area contributed by atoms with Gasteiger partial charge < -0.3 is 15.0 Å². The topological polar surface area (TPSA) is 61.9 Å². The molecule has 0 bridgehead atoms. The third-order valence-electron chi connectivity index (χ3n) is 5.30. The van der Waals surface area contributed by atoms with E-state index in [2.05, 4.69) is 10.2 Å². The van der Waals surface area contributed by atoms with Gasteiger partial charge in [-0.15, -0.1) is 0 Å². The number of hydrogen-bond donors (Lipinski definition) is 1. The number of carbonyl (C=O) groups is 2. The van der Waals surface area contributed by atoms with E-state index in [4.69, 9.17) is 4.74 Å². The lowest BCUT2D eigenvalue weighted by Crippen LogP contribution is -2.51. The fourth-order valence-corrected chi connectivity index (χ4v) is 3.62. The Morgan fingerprint density at radius 1 is 1.04 bits per heavy atom. The molecule has 6 heteroatoms. The van der Waals surface area contributed by atoms with Gasteiger partial charge >= 0.3 is 0 Å². The highest BCUT2D eigenvalue weighted by Crippen LogP contribution is 2.29. The Kier molecular flexibility index (Phi) is 4.99. The van der Waals surface area contributed by atoms with Crippen molar-refractivity contribution in [2.24, 2.45) is 0 Å². The number of rotatable bonds is 5. The summed E-state index contributed by atoms with van der Waals surface area (Å²) in [7, 11) is 1.64. The highest BCUT2D eigenvalue weighted by atomic mass is 16.5. The van der Waals surface area contributed by atoms with Crippen LogP contribution in [0.2, 0.25) is 0 Å². The van der Waals surface area contributed by atoms with E-state index in [9.17, 15) is 9.59 Å². The number of carbonyl (C=O) groups excluding carboxylic acids is 2. The molecule has 2 aliphatic rings. The first-order valence-electron chi connectivity index (χ1n) is 9.52. The Morgan fingerprint density at radius 2 is 1.74 bits per heavy atom. The van der Waals surface area contributed by atoms with E-state index in [1.807, 2.05) is 41.3 Å². The Hall–Kier alpha value is -2.60. The molecule has 0 atom stereocenters. The molecule has 142 valence electrons. The van der Waals surface area contributed by atoms with Gasteiger partial charge in [0.15, 0.2) is 0 Å². The van der Waals surface area contributed by atoms with E-state index < -0.39 is 0 Å². The molecule has 1 heterocycles. The Balaban J connectivity index is 1.42. The highest BCUT2D eigenvalue weighted by molar-refractivity contribution is 6.08. The van der Waals surface area contributed by atoms with Crippen molar-refractivity contribution in [1.29, 1.82) is 0 Å². The summed E-state index contributed by atoms with van der Waals surface area (Å²) in [6, 6.07) is 11.9. The number of hydrogen-bond acceptors (Lipinski definition) is 4. The van der Waals surface area contributed by atoms with Gasteiger partial charge in [-0.3, -0.25) is 14.5 Å². The average Bonchev–Trinajstić information content (AvgIpc) is 3.51. The SMILES string of the molecule is COc1ccc(C(=O)N2CCN(CC(=O)NC3CC3)CC2)c2ccccc12. The van der Waals surface area contributed by atoms with Crippen molar-refractivity contribution in [3.63, 3.8) is 0 Å². The number of methoxy groups -OCH3 is 1. The first-order chi connectivity index (χ1) is 13.2. The minimum absolute atomic E-state index is 0.0379. The number of amides is 2. The van der Waals surface area contributed by atoms with Crippen LogP contribution in [0.5, 0.6) is 5.75 Å². The fraction of sp³-hybridized carbons (Fsp3) is 0.429. The van der Waals surface area contributed by atoms with Crippen LogP contribution in [0.25, 0.3) is 10.8 Å². The van der Waals surface area contributed by atoms with Crippen LogP contribution in [-0.2, 0) is 4.79 Å². The van der Waals surface area contributed by atoms with Gasteiger partial charge in [0.25, 0.3) is 5.91 Å². The van der Waals surface area contributed by atoms with Crippen LogP contribution in [0.3, 0.4) is 0 Å². The van der Waals surface area contributed by atoms with Crippen LogP contribution in [0.1, 0.15) is 23.2 Å². The third-order valence-corrected chi connectivity index (χ3v) is 5.30. The summed E-state index contributed by atoms with van der Waals surface area (Å²) in [5.41, 5.74) is 0.700. The second-order valence-electron chi connectivity index (χ2n) is 7.27. The maximum atomic E-state index is 13.1. The van der Waals surface area contributed by atoms with Crippen LogP contribution in [0.15, 0.2) is 36.4 Å². The average molecular weight is 367 g/mol. The number of nitrogens with one attached hydrogen (secondary N) is 1. The monoisotopic (exact) mass is 367 g/mol. The van der Waals surface area contributed by atoms with Gasteiger partial charge in [-0.25, -0.2) is 0 Å². The molecule has 0 aromatic heterocycles. The summed E-state index contributed by atoms with van der Waals surface area (Å²) in [6.45, 7) is 3.13. The van der Waals surface area contributed by atoms with Gasteiger partial charge in [0.2, 0.25) is 5.91 Å². The van der Waals surface area contributed by atoms with Gasteiger partial charge in [-0.05, 0) is 30.4 Å². The van der Waals surface area contributed by atoms with E-state index in [0.717, 1.165) is 42.5 Å². The Morgan fingerprint density at radius 3 is 2.41 bits per heavy atom. The largest absolute Gasteiger partial charge is 0.496 e. The zero-order valence-electron chi connectivity index (χ0n) is 15.6. The summed E-state index contributed by atoms with van der Waals surface area (Å²) in [4.78, 5) is 29.0. The molecule has 1 saturated heterocycles. The number of fused-ring (bicyclic) bond motifs is 1. The predicted octanol–water partition coefficient (Wildman–Crippen LogP) is 1.88. The fourth-order valence-electron chi connectivity index (χ4n) is 3.62. The Bertz CT molecular complexity index is 855. The maximum Gasteiger partial charge on any atom is 0.254 e. The number of piperazine rings is 1. The van der Waals surface area contributed by atoms with Crippen LogP contribution in [-0.4, -0.2) is 67.5 Å². The minimum atomic E-state index is 0.0379. The number of nitrogens with zero attached hydrogens (tertiary/aromatic N) is 2. The highest BCUT2D eigenvalue weighted by Gasteiger charge is 2.27. The van der Waals surface area contributed by atoms with Gasteiger partial charge in [0.1, 0.15) is 5.75 Å². The first kappa shape index (κ1) is 17.8. The van der Waals surface area contributed by atoms with E-state index >= 15 is 0 Å². The standard InChI is InChI=1S/C21H25N3O3/c1-27-19-9-8-18(16-4-2-3-5-17(16)19)21(26)24-12-10-23(11-13-24)14-20(25)22-15-6-7-15/h2-5,8-9,15H,6-7,10-14H2,1H3,(H,22,25). The quantitative estimate of drug-likeness (QED) is 0.877. The van der Waals surface area contributed by atoms with Crippen molar-refractivity contribution in [2.75, 3.05) is 39.8 Å². The van der Waals surface area contributed by atoms with Crippen LogP contribution >= 0.6 is 0 Å².